The molecule has 0 aromatic carbocycles. The molecule has 2 unspecified atom stereocenters. The summed E-state index contributed by atoms with van der Waals surface area (Å²) >= 11 is 0. The first-order chi connectivity index (χ1) is 6.68. The Balaban J connectivity index is 2.06. The summed E-state index contributed by atoms with van der Waals surface area (Å²) < 4.78 is 11.1. The average molecular weight is 200 g/mol. The maximum atomic E-state index is 5.63. The predicted molar refractivity (Wildman–Crippen MR) is 56.9 cm³/mol. The fraction of sp³-hybridized carbons (Fsp3) is 0.909. The van der Waals surface area contributed by atoms with Gasteiger partial charge in [0.2, 0.25) is 0 Å². The number of rotatable bonds is 5. The van der Waals surface area contributed by atoms with E-state index >= 15 is 0 Å². The Labute approximate surface area is 87.4 Å². The van der Waals surface area contributed by atoms with Gasteiger partial charge in [0.1, 0.15) is 0 Å². The zero-order chi connectivity index (χ0) is 10.4. The topological polar surface area (TPSA) is 21.7 Å². The molecule has 0 aliphatic carbocycles. The van der Waals surface area contributed by atoms with Crippen LogP contribution >= 0.6 is 0 Å². The average Bonchev–Trinajstić information content (AvgIpc) is 2.15. The largest absolute Gasteiger partial charge is 0.353 e. The molecule has 0 amide bonds. The van der Waals surface area contributed by atoms with Gasteiger partial charge in [-0.15, -0.1) is 0 Å². The first kappa shape index (κ1) is 12.0. The Morgan fingerprint density at radius 3 is 2.86 bits per heavy atom. The maximum Gasteiger partial charge on any atom is 0.157 e. The maximum absolute atomic E-state index is 5.63. The standard InChI is InChI=1S/C11H22NO2/c1-10(8-12(2)3)9-14-11-6-4-5-7-13-11/h10-11H,1,4-9H2,2-3H3. The lowest BCUT2D eigenvalue weighted by Crippen LogP contribution is -2.28. The Morgan fingerprint density at radius 2 is 2.29 bits per heavy atom. The first-order valence-electron chi connectivity index (χ1n) is 5.39. The van der Waals surface area contributed by atoms with E-state index in [0.29, 0.717) is 12.5 Å². The Kier molecular flexibility index (Phi) is 5.45. The molecule has 1 aliphatic rings. The highest BCUT2D eigenvalue weighted by Gasteiger charge is 2.15. The van der Waals surface area contributed by atoms with Crippen molar-refractivity contribution in [1.82, 2.24) is 4.90 Å². The third-order valence-corrected chi connectivity index (χ3v) is 2.28. The Hall–Kier alpha value is -0.120. The second-order valence-electron chi connectivity index (χ2n) is 4.26. The molecule has 1 rings (SSSR count). The molecular formula is C11H22NO2. The van der Waals surface area contributed by atoms with Crippen molar-refractivity contribution in [2.24, 2.45) is 5.92 Å². The molecule has 1 heterocycles. The zero-order valence-corrected chi connectivity index (χ0v) is 9.37. The van der Waals surface area contributed by atoms with Gasteiger partial charge in [-0.05, 0) is 46.2 Å². The summed E-state index contributed by atoms with van der Waals surface area (Å²) in [5.74, 6) is 0.329. The van der Waals surface area contributed by atoms with Crippen molar-refractivity contribution in [3.05, 3.63) is 6.92 Å². The van der Waals surface area contributed by atoms with Crippen molar-refractivity contribution in [2.75, 3.05) is 33.9 Å². The SMILES string of the molecule is [CH2]C(COC1CCCCO1)CN(C)C. The third kappa shape index (κ3) is 4.94. The molecule has 83 valence electrons. The van der Waals surface area contributed by atoms with Crippen molar-refractivity contribution < 1.29 is 9.47 Å². The molecule has 3 heteroatoms. The second kappa shape index (κ2) is 6.38. The van der Waals surface area contributed by atoms with Gasteiger partial charge in [-0.3, -0.25) is 0 Å². The van der Waals surface area contributed by atoms with Crippen LogP contribution in [0.2, 0.25) is 0 Å². The number of nitrogens with zero attached hydrogens (tertiary/aromatic N) is 1. The van der Waals surface area contributed by atoms with E-state index < -0.39 is 0 Å². The molecular weight excluding hydrogens is 178 g/mol. The van der Waals surface area contributed by atoms with Crippen molar-refractivity contribution in [2.45, 2.75) is 25.6 Å². The lowest BCUT2D eigenvalue weighted by Gasteiger charge is -2.25. The van der Waals surface area contributed by atoms with Gasteiger partial charge in [0, 0.05) is 13.2 Å². The monoisotopic (exact) mass is 200 g/mol. The van der Waals surface area contributed by atoms with Crippen LogP contribution in [0.1, 0.15) is 19.3 Å². The molecule has 0 bridgehead atoms. The second-order valence-corrected chi connectivity index (χ2v) is 4.26. The quantitative estimate of drug-likeness (QED) is 0.672. The van der Waals surface area contributed by atoms with Gasteiger partial charge in [0.05, 0.1) is 6.61 Å². The molecule has 3 nitrogen and oxygen atoms in total. The van der Waals surface area contributed by atoms with Crippen LogP contribution < -0.4 is 0 Å². The summed E-state index contributed by atoms with van der Waals surface area (Å²) in [6.07, 6.45) is 3.45. The lowest BCUT2D eigenvalue weighted by atomic mass is 10.2. The van der Waals surface area contributed by atoms with E-state index in [1.165, 1.54) is 12.8 Å². The molecule has 0 saturated carbocycles. The predicted octanol–water partition coefficient (Wildman–Crippen LogP) is 1.54. The van der Waals surface area contributed by atoms with Gasteiger partial charge >= 0.3 is 0 Å². The minimum absolute atomic E-state index is 0.0233. The van der Waals surface area contributed by atoms with E-state index in [9.17, 15) is 0 Å². The van der Waals surface area contributed by atoms with E-state index in [0.717, 1.165) is 19.6 Å². The first-order valence-corrected chi connectivity index (χ1v) is 5.39. The molecule has 0 aromatic heterocycles. The van der Waals surface area contributed by atoms with Crippen LogP contribution in [0.4, 0.5) is 0 Å². The van der Waals surface area contributed by atoms with Crippen LogP contribution in [-0.4, -0.2) is 45.0 Å². The molecule has 14 heavy (non-hydrogen) atoms. The van der Waals surface area contributed by atoms with Crippen LogP contribution in [0.25, 0.3) is 0 Å². The molecule has 1 fully saturated rings. The molecule has 2 atom stereocenters. The highest BCUT2D eigenvalue weighted by atomic mass is 16.7. The van der Waals surface area contributed by atoms with E-state index in [-0.39, 0.29) is 6.29 Å². The summed E-state index contributed by atoms with van der Waals surface area (Å²) in [5, 5.41) is 0. The van der Waals surface area contributed by atoms with Crippen molar-refractivity contribution in [3.8, 4) is 0 Å². The fourth-order valence-corrected chi connectivity index (χ4v) is 1.66. The van der Waals surface area contributed by atoms with Gasteiger partial charge in [0.15, 0.2) is 6.29 Å². The minimum Gasteiger partial charge on any atom is -0.353 e. The van der Waals surface area contributed by atoms with E-state index in [2.05, 4.69) is 25.9 Å². The zero-order valence-electron chi connectivity index (χ0n) is 9.37. The normalized spacial score (nSPS) is 25.3. The number of ether oxygens (including phenoxy) is 2. The van der Waals surface area contributed by atoms with Crippen LogP contribution in [0.5, 0.6) is 0 Å². The molecule has 0 N–H and O–H groups in total. The summed E-state index contributed by atoms with van der Waals surface area (Å²) in [7, 11) is 4.10. The molecule has 1 saturated heterocycles. The fourth-order valence-electron chi connectivity index (χ4n) is 1.66. The third-order valence-electron chi connectivity index (χ3n) is 2.28. The molecule has 1 radical (unpaired) electrons. The molecule has 0 spiro atoms. The summed E-state index contributed by atoms with van der Waals surface area (Å²) in [6, 6.07) is 0. The van der Waals surface area contributed by atoms with Gasteiger partial charge < -0.3 is 14.4 Å². The van der Waals surface area contributed by atoms with Crippen molar-refractivity contribution in [3.63, 3.8) is 0 Å². The summed E-state index contributed by atoms with van der Waals surface area (Å²) in [5.41, 5.74) is 0. The number of hydrogen-bond acceptors (Lipinski definition) is 3. The number of hydrogen-bond donors (Lipinski definition) is 0. The van der Waals surface area contributed by atoms with Gasteiger partial charge in [0.25, 0.3) is 0 Å². The van der Waals surface area contributed by atoms with Crippen LogP contribution in [0.3, 0.4) is 0 Å². The van der Waals surface area contributed by atoms with Crippen molar-refractivity contribution >= 4 is 0 Å². The highest BCUT2D eigenvalue weighted by Crippen LogP contribution is 2.14. The van der Waals surface area contributed by atoms with Gasteiger partial charge in [-0.25, -0.2) is 0 Å². The lowest BCUT2D eigenvalue weighted by molar-refractivity contribution is -0.167. The Morgan fingerprint density at radius 1 is 1.50 bits per heavy atom. The molecule has 1 aliphatic heterocycles. The van der Waals surface area contributed by atoms with Crippen molar-refractivity contribution in [1.29, 1.82) is 0 Å². The molecule has 0 aromatic rings. The summed E-state index contributed by atoms with van der Waals surface area (Å²) in [4.78, 5) is 2.13. The van der Waals surface area contributed by atoms with Crippen LogP contribution in [0.15, 0.2) is 0 Å². The van der Waals surface area contributed by atoms with Gasteiger partial charge in [-0.1, -0.05) is 0 Å². The van der Waals surface area contributed by atoms with E-state index in [1.807, 2.05) is 0 Å². The van der Waals surface area contributed by atoms with E-state index in [4.69, 9.17) is 9.47 Å². The van der Waals surface area contributed by atoms with Crippen LogP contribution in [0, 0.1) is 12.8 Å². The summed E-state index contributed by atoms with van der Waals surface area (Å²) in [6.45, 7) is 6.55. The van der Waals surface area contributed by atoms with Crippen LogP contribution in [-0.2, 0) is 9.47 Å². The Bertz CT molecular complexity index is 144. The van der Waals surface area contributed by atoms with E-state index in [1.54, 1.807) is 0 Å². The highest BCUT2D eigenvalue weighted by molar-refractivity contribution is 4.64. The smallest absolute Gasteiger partial charge is 0.157 e. The minimum atomic E-state index is 0.0233. The van der Waals surface area contributed by atoms with Gasteiger partial charge in [-0.2, -0.15) is 0 Å².